The fourth-order valence-electron chi connectivity index (χ4n) is 3.68. The molecule has 186 valence electrons. The van der Waals surface area contributed by atoms with Crippen LogP contribution in [-0.2, 0) is 10.5 Å². The number of methoxy groups -OCH3 is 1. The minimum atomic E-state index is -0.0961. The normalized spacial score (nSPS) is 10.9. The number of hydrogen-bond donors (Lipinski definition) is 1. The average molecular weight is 521 g/mol. The van der Waals surface area contributed by atoms with E-state index in [0.717, 1.165) is 45.5 Å². The molecule has 10 heteroatoms. The Morgan fingerprint density at radius 3 is 2.25 bits per heavy atom. The monoisotopic (exact) mass is 520 g/mol. The van der Waals surface area contributed by atoms with Crippen molar-refractivity contribution in [2.24, 2.45) is 0 Å². The Hall–Kier alpha value is -3.37. The van der Waals surface area contributed by atoms with Crippen LogP contribution >= 0.6 is 23.5 Å². The molecule has 0 aliphatic heterocycles. The second kappa shape index (κ2) is 11.6. The van der Waals surface area contributed by atoms with Crippen molar-refractivity contribution in [1.29, 1.82) is 0 Å². The maximum Gasteiger partial charge on any atom is 0.234 e. The number of carbonyl (C=O) groups excluding carboxylic acids is 1. The number of para-hydroxylation sites is 1. The van der Waals surface area contributed by atoms with Crippen molar-refractivity contribution in [3.8, 4) is 11.4 Å². The van der Waals surface area contributed by atoms with E-state index in [1.54, 1.807) is 7.11 Å². The lowest BCUT2D eigenvalue weighted by Gasteiger charge is -2.12. The molecule has 8 nitrogen and oxygen atoms in total. The maximum absolute atomic E-state index is 12.8. The third kappa shape index (κ3) is 6.24. The van der Waals surface area contributed by atoms with Crippen molar-refractivity contribution in [3.05, 3.63) is 76.9 Å². The smallest absolute Gasteiger partial charge is 0.234 e. The number of anilines is 1. The molecule has 2 aromatic heterocycles. The van der Waals surface area contributed by atoms with Gasteiger partial charge in [-0.2, -0.15) is 0 Å². The summed E-state index contributed by atoms with van der Waals surface area (Å²) in [6, 6.07) is 15.6. The van der Waals surface area contributed by atoms with Gasteiger partial charge in [0.15, 0.2) is 10.3 Å². The molecule has 0 bridgehead atoms. The summed E-state index contributed by atoms with van der Waals surface area (Å²) in [5.74, 6) is 2.13. The van der Waals surface area contributed by atoms with E-state index in [1.165, 1.54) is 23.5 Å². The molecule has 0 aliphatic rings. The molecule has 0 saturated carbocycles. The first-order chi connectivity index (χ1) is 17.3. The minimum absolute atomic E-state index is 0.0961. The molecule has 0 aliphatic carbocycles. The highest BCUT2D eigenvalue weighted by Crippen LogP contribution is 2.28. The molecule has 2 heterocycles. The molecule has 36 heavy (non-hydrogen) atoms. The van der Waals surface area contributed by atoms with Crippen molar-refractivity contribution >= 4 is 35.1 Å². The van der Waals surface area contributed by atoms with Crippen LogP contribution in [0.15, 0.2) is 58.8 Å². The lowest BCUT2D eigenvalue weighted by atomic mass is 10.1. The largest absolute Gasteiger partial charge is 0.497 e. The summed E-state index contributed by atoms with van der Waals surface area (Å²) >= 11 is 2.85. The van der Waals surface area contributed by atoms with Crippen LogP contribution in [0.25, 0.3) is 5.69 Å². The topological polar surface area (TPSA) is 94.8 Å². The van der Waals surface area contributed by atoms with Crippen LogP contribution in [0, 0.1) is 27.7 Å². The number of carbonyl (C=O) groups is 1. The van der Waals surface area contributed by atoms with Crippen LogP contribution < -0.4 is 10.1 Å². The summed E-state index contributed by atoms with van der Waals surface area (Å²) in [6.07, 6.45) is 0. The number of amides is 1. The Kier molecular flexibility index (Phi) is 8.27. The third-order valence-electron chi connectivity index (χ3n) is 5.40. The lowest BCUT2D eigenvalue weighted by molar-refractivity contribution is -0.113. The van der Waals surface area contributed by atoms with Gasteiger partial charge in [0.1, 0.15) is 11.6 Å². The first kappa shape index (κ1) is 25.7. The SMILES string of the molecule is COc1ccc(-n2c(CSc3nc(C)cc(C)n3)nnc2SCC(=O)Nc2c(C)cccc2C)cc1. The van der Waals surface area contributed by atoms with Crippen LogP contribution in [-0.4, -0.2) is 43.5 Å². The highest BCUT2D eigenvalue weighted by atomic mass is 32.2. The van der Waals surface area contributed by atoms with Crippen LogP contribution in [0.3, 0.4) is 0 Å². The second-order valence-electron chi connectivity index (χ2n) is 8.26. The number of ether oxygens (including phenoxy) is 1. The summed E-state index contributed by atoms with van der Waals surface area (Å²) in [7, 11) is 1.63. The van der Waals surface area contributed by atoms with Crippen LogP contribution in [0.2, 0.25) is 0 Å². The van der Waals surface area contributed by atoms with Crippen molar-refractivity contribution in [2.75, 3.05) is 18.2 Å². The van der Waals surface area contributed by atoms with E-state index in [2.05, 4.69) is 25.5 Å². The average Bonchev–Trinajstić information content (AvgIpc) is 3.26. The maximum atomic E-state index is 12.8. The van der Waals surface area contributed by atoms with Crippen molar-refractivity contribution in [1.82, 2.24) is 24.7 Å². The summed E-state index contributed by atoms with van der Waals surface area (Å²) in [4.78, 5) is 21.8. The van der Waals surface area contributed by atoms with Crippen LogP contribution in [0.5, 0.6) is 5.75 Å². The number of hydrogen-bond acceptors (Lipinski definition) is 8. The fraction of sp³-hybridized carbons (Fsp3) is 0.269. The molecule has 1 N–H and O–H groups in total. The number of thioether (sulfide) groups is 2. The van der Waals surface area contributed by atoms with E-state index >= 15 is 0 Å². The Morgan fingerprint density at radius 2 is 1.61 bits per heavy atom. The molecule has 4 aromatic rings. The molecule has 0 fully saturated rings. The predicted octanol–water partition coefficient (Wildman–Crippen LogP) is 5.32. The molecular weight excluding hydrogens is 492 g/mol. The van der Waals surface area contributed by atoms with Crippen molar-refractivity contribution in [3.63, 3.8) is 0 Å². The number of rotatable bonds is 9. The summed E-state index contributed by atoms with van der Waals surface area (Å²) < 4.78 is 7.27. The van der Waals surface area contributed by atoms with Gasteiger partial charge in [-0.05, 0) is 69.2 Å². The molecule has 4 rings (SSSR count). The summed E-state index contributed by atoms with van der Waals surface area (Å²) in [5.41, 5.74) is 5.64. The summed E-state index contributed by atoms with van der Waals surface area (Å²) in [5, 5.41) is 13.2. The highest BCUT2D eigenvalue weighted by molar-refractivity contribution is 7.99. The van der Waals surface area contributed by atoms with E-state index in [-0.39, 0.29) is 11.7 Å². The van der Waals surface area contributed by atoms with E-state index in [4.69, 9.17) is 4.74 Å². The standard InChI is InChI=1S/C26H28N6O2S2/c1-16-7-6-8-17(2)24(16)29-23(33)15-36-26-31-30-22(14-35-25-27-18(3)13-19(4)28-25)32(26)20-9-11-21(34-5)12-10-20/h6-13H,14-15H2,1-5H3,(H,29,33). The van der Waals surface area contributed by atoms with Gasteiger partial charge >= 0.3 is 0 Å². The van der Waals surface area contributed by atoms with Gasteiger partial charge in [-0.25, -0.2) is 9.97 Å². The summed E-state index contributed by atoms with van der Waals surface area (Å²) in [6.45, 7) is 7.88. The zero-order chi connectivity index (χ0) is 25.7. The quantitative estimate of drug-likeness (QED) is 0.234. The molecule has 1 amide bonds. The van der Waals surface area contributed by atoms with Gasteiger partial charge in [-0.3, -0.25) is 9.36 Å². The number of nitrogens with one attached hydrogen (secondary N) is 1. The van der Waals surface area contributed by atoms with Gasteiger partial charge in [0, 0.05) is 22.8 Å². The third-order valence-corrected chi connectivity index (χ3v) is 7.17. The van der Waals surface area contributed by atoms with Gasteiger partial charge in [-0.1, -0.05) is 41.7 Å². The van der Waals surface area contributed by atoms with E-state index in [9.17, 15) is 4.79 Å². The predicted molar refractivity (Wildman–Crippen MR) is 144 cm³/mol. The number of benzene rings is 2. The van der Waals surface area contributed by atoms with Gasteiger partial charge in [0.25, 0.3) is 0 Å². The van der Waals surface area contributed by atoms with Gasteiger partial charge in [0.2, 0.25) is 5.91 Å². The molecule has 2 aromatic carbocycles. The van der Waals surface area contributed by atoms with E-state index in [1.807, 2.05) is 80.8 Å². The van der Waals surface area contributed by atoms with Gasteiger partial charge in [-0.15, -0.1) is 10.2 Å². The minimum Gasteiger partial charge on any atom is -0.497 e. The molecule has 0 spiro atoms. The van der Waals surface area contributed by atoms with Crippen molar-refractivity contribution < 1.29 is 9.53 Å². The number of nitrogens with zero attached hydrogens (tertiary/aromatic N) is 5. The number of aryl methyl sites for hydroxylation is 4. The second-order valence-corrected chi connectivity index (χ2v) is 10.1. The first-order valence-electron chi connectivity index (χ1n) is 11.4. The number of aromatic nitrogens is 5. The Morgan fingerprint density at radius 1 is 0.944 bits per heavy atom. The fourth-order valence-corrected chi connectivity index (χ4v) is 5.32. The van der Waals surface area contributed by atoms with E-state index in [0.29, 0.717) is 16.1 Å². The Labute approximate surface area is 219 Å². The van der Waals surface area contributed by atoms with Gasteiger partial charge < -0.3 is 10.1 Å². The Bertz CT molecular complexity index is 1330. The van der Waals surface area contributed by atoms with Crippen LogP contribution in [0.1, 0.15) is 28.3 Å². The zero-order valence-corrected chi connectivity index (χ0v) is 22.5. The first-order valence-corrected chi connectivity index (χ1v) is 13.3. The Balaban J connectivity index is 1.55. The lowest BCUT2D eigenvalue weighted by Crippen LogP contribution is -2.16. The zero-order valence-electron chi connectivity index (χ0n) is 20.9. The molecule has 0 atom stereocenters. The van der Waals surface area contributed by atoms with Gasteiger partial charge in [0.05, 0.1) is 18.6 Å². The molecular formula is C26H28N6O2S2. The van der Waals surface area contributed by atoms with Crippen LogP contribution in [0.4, 0.5) is 5.69 Å². The highest BCUT2D eigenvalue weighted by Gasteiger charge is 2.18. The molecule has 0 unspecified atom stereocenters. The van der Waals surface area contributed by atoms with Crippen molar-refractivity contribution in [2.45, 2.75) is 43.8 Å². The molecule has 0 radical (unpaired) electrons. The van der Waals surface area contributed by atoms with E-state index < -0.39 is 0 Å². The molecule has 0 saturated heterocycles.